The van der Waals surface area contributed by atoms with Crippen LogP contribution in [0.1, 0.15) is 13.3 Å². The van der Waals surface area contributed by atoms with Crippen molar-refractivity contribution in [2.24, 2.45) is 10.3 Å². The molecule has 0 aliphatic rings. The number of nitrogens with zero attached hydrogens (tertiary/aromatic N) is 3. The highest BCUT2D eigenvalue weighted by atomic mass is 16.6. The first kappa shape index (κ1) is 15.6. The van der Waals surface area contributed by atoms with Crippen LogP contribution in [0.25, 0.3) is 0 Å². The maximum absolute atomic E-state index is 5.27. The maximum atomic E-state index is 5.27. The number of para-hydroxylation sites is 2. The minimum atomic E-state index is 0.688. The summed E-state index contributed by atoms with van der Waals surface area (Å²) in [5.41, 5.74) is 0. The number of hydrogen-bond acceptors (Lipinski definition) is 4. The summed E-state index contributed by atoms with van der Waals surface area (Å²) in [5, 5.41) is 7.88. The average Bonchev–Trinajstić information content (AvgIpc) is 2.57. The van der Waals surface area contributed by atoms with E-state index in [1.807, 2.05) is 60.7 Å². The molecule has 0 saturated carbocycles. The molecular formula is C17H19N3O2. The molecule has 0 unspecified atom stereocenters. The summed E-state index contributed by atoms with van der Waals surface area (Å²) in [6.07, 6.45) is 4.11. The zero-order valence-corrected chi connectivity index (χ0v) is 12.5. The second-order valence-corrected chi connectivity index (χ2v) is 4.49. The van der Waals surface area contributed by atoms with E-state index >= 15 is 0 Å². The fourth-order valence-corrected chi connectivity index (χ4v) is 1.66. The summed E-state index contributed by atoms with van der Waals surface area (Å²) >= 11 is 0. The van der Waals surface area contributed by atoms with Crippen molar-refractivity contribution in [3.8, 4) is 11.5 Å². The third kappa shape index (κ3) is 5.66. The van der Waals surface area contributed by atoms with Gasteiger partial charge in [-0.05, 0) is 30.7 Å². The van der Waals surface area contributed by atoms with Gasteiger partial charge >= 0.3 is 0 Å². The molecule has 0 N–H and O–H groups in total. The lowest BCUT2D eigenvalue weighted by atomic mass is 10.3. The van der Waals surface area contributed by atoms with Crippen LogP contribution in [-0.2, 0) is 0 Å². The molecule has 2 rings (SSSR count). The van der Waals surface area contributed by atoms with Gasteiger partial charge in [0.1, 0.15) is 12.7 Å². The highest BCUT2D eigenvalue weighted by Crippen LogP contribution is 2.09. The molecule has 0 aliphatic heterocycles. The standard InChI is InChI=1S/C17H19N3O2/c1-2-13-20(14-18-21-16-9-5-3-6-10-16)15-19-22-17-11-7-4-8-12-17/h3-12,14-15H,2,13H2,1H3/b18-14+,19-15+. The Balaban J connectivity index is 1.86. The third-order valence-corrected chi connectivity index (χ3v) is 2.68. The van der Waals surface area contributed by atoms with Crippen LogP contribution in [-0.4, -0.2) is 24.1 Å². The summed E-state index contributed by atoms with van der Waals surface area (Å²) in [6, 6.07) is 18.8. The number of rotatable bonds is 8. The highest BCUT2D eigenvalue weighted by molar-refractivity contribution is 5.74. The molecule has 0 saturated heterocycles. The van der Waals surface area contributed by atoms with Crippen LogP contribution < -0.4 is 9.68 Å². The molecular weight excluding hydrogens is 278 g/mol. The first-order valence-electron chi connectivity index (χ1n) is 7.15. The predicted octanol–water partition coefficient (Wildman–Crippen LogP) is 3.74. The molecule has 5 heteroatoms. The van der Waals surface area contributed by atoms with Gasteiger partial charge in [0.25, 0.3) is 0 Å². The van der Waals surface area contributed by atoms with E-state index in [1.54, 1.807) is 17.6 Å². The normalized spacial score (nSPS) is 11.0. The predicted molar refractivity (Wildman–Crippen MR) is 88.1 cm³/mol. The van der Waals surface area contributed by atoms with E-state index < -0.39 is 0 Å². The summed E-state index contributed by atoms with van der Waals surface area (Å²) < 4.78 is 0. The summed E-state index contributed by atoms with van der Waals surface area (Å²) in [5.74, 6) is 1.38. The molecule has 0 amide bonds. The smallest absolute Gasteiger partial charge is 0.158 e. The van der Waals surface area contributed by atoms with Crippen molar-refractivity contribution in [2.75, 3.05) is 6.54 Å². The Morgan fingerprint density at radius 3 is 1.68 bits per heavy atom. The van der Waals surface area contributed by atoms with Crippen LogP contribution in [0.15, 0.2) is 71.0 Å². The lowest BCUT2D eigenvalue weighted by molar-refractivity contribution is 0.330. The first-order chi connectivity index (χ1) is 10.9. The van der Waals surface area contributed by atoms with Gasteiger partial charge in [0.05, 0.1) is 0 Å². The number of oxime groups is 2. The largest absolute Gasteiger partial charge is 0.356 e. The van der Waals surface area contributed by atoms with E-state index in [4.69, 9.17) is 9.68 Å². The zero-order valence-electron chi connectivity index (χ0n) is 12.5. The van der Waals surface area contributed by atoms with Crippen molar-refractivity contribution in [3.63, 3.8) is 0 Å². The van der Waals surface area contributed by atoms with E-state index in [2.05, 4.69) is 17.2 Å². The average molecular weight is 297 g/mol. The molecule has 5 nitrogen and oxygen atoms in total. The number of hydrogen-bond donors (Lipinski definition) is 0. The van der Waals surface area contributed by atoms with Crippen molar-refractivity contribution in [1.29, 1.82) is 0 Å². The molecule has 0 fully saturated rings. The third-order valence-electron chi connectivity index (χ3n) is 2.68. The van der Waals surface area contributed by atoms with Crippen molar-refractivity contribution >= 4 is 12.7 Å². The lowest BCUT2D eigenvalue weighted by Crippen LogP contribution is -2.21. The Morgan fingerprint density at radius 1 is 0.818 bits per heavy atom. The fraction of sp³-hybridized carbons (Fsp3) is 0.176. The van der Waals surface area contributed by atoms with Crippen LogP contribution in [0.5, 0.6) is 11.5 Å². The van der Waals surface area contributed by atoms with E-state index in [0.717, 1.165) is 13.0 Å². The lowest BCUT2D eigenvalue weighted by Gasteiger charge is -2.11. The Hall–Kier alpha value is -2.82. The van der Waals surface area contributed by atoms with Gasteiger partial charge < -0.3 is 14.6 Å². The van der Waals surface area contributed by atoms with Gasteiger partial charge in [-0.25, -0.2) is 0 Å². The Bertz CT molecular complexity index is 534. The van der Waals surface area contributed by atoms with Crippen molar-refractivity contribution in [2.45, 2.75) is 13.3 Å². The zero-order chi connectivity index (χ0) is 15.5. The molecule has 2 aromatic rings. The molecule has 0 radical (unpaired) electrons. The molecule has 22 heavy (non-hydrogen) atoms. The van der Waals surface area contributed by atoms with E-state index in [0.29, 0.717) is 11.5 Å². The van der Waals surface area contributed by atoms with Gasteiger partial charge in [0.15, 0.2) is 11.5 Å². The summed E-state index contributed by atoms with van der Waals surface area (Å²) in [4.78, 5) is 12.3. The summed E-state index contributed by atoms with van der Waals surface area (Å²) in [7, 11) is 0. The first-order valence-corrected chi connectivity index (χ1v) is 7.15. The van der Waals surface area contributed by atoms with Crippen LogP contribution in [0, 0.1) is 0 Å². The molecule has 0 bridgehead atoms. The van der Waals surface area contributed by atoms with E-state index in [9.17, 15) is 0 Å². The Labute approximate surface area is 130 Å². The second kappa shape index (κ2) is 9.18. The second-order valence-electron chi connectivity index (χ2n) is 4.49. The van der Waals surface area contributed by atoms with Gasteiger partial charge in [-0.2, -0.15) is 0 Å². The molecule has 0 aliphatic carbocycles. The molecule has 0 aromatic heterocycles. The minimum absolute atomic E-state index is 0.688. The molecule has 0 heterocycles. The SMILES string of the molecule is CCCN(/C=N/Oc1ccccc1)/C=N/Oc1ccccc1. The van der Waals surface area contributed by atoms with Gasteiger partial charge in [-0.3, -0.25) is 0 Å². The Morgan fingerprint density at radius 2 is 1.27 bits per heavy atom. The van der Waals surface area contributed by atoms with Crippen LogP contribution >= 0.6 is 0 Å². The summed E-state index contributed by atoms with van der Waals surface area (Å²) in [6.45, 7) is 2.84. The van der Waals surface area contributed by atoms with E-state index in [1.165, 1.54) is 0 Å². The maximum Gasteiger partial charge on any atom is 0.158 e. The van der Waals surface area contributed by atoms with Gasteiger partial charge in [0, 0.05) is 6.54 Å². The van der Waals surface area contributed by atoms with Gasteiger partial charge in [-0.1, -0.05) is 53.6 Å². The van der Waals surface area contributed by atoms with Crippen LogP contribution in [0.3, 0.4) is 0 Å². The molecule has 0 atom stereocenters. The molecule has 0 spiro atoms. The Kier molecular flexibility index (Phi) is 6.49. The number of benzene rings is 2. The van der Waals surface area contributed by atoms with E-state index in [-0.39, 0.29) is 0 Å². The quantitative estimate of drug-likeness (QED) is 0.423. The van der Waals surface area contributed by atoms with Gasteiger partial charge in [0.2, 0.25) is 0 Å². The molecule has 2 aromatic carbocycles. The van der Waals surface area contributed by atoms with Crippen molar-refractivity contribution in [1.82, 2.24) is 4.90 Å². The monoisotopic (exact) mass is 297 g/mol. The minimum Gasteiger partial charge on any atom is -0.356 e. The van der Waals surface area contributed by atoms with Gasteiger partial charge in [-0.15, -0.1) is 0 Å². The highest BCUT2D eigenvalue weighted by Gasteiger charge is 1.96. The van der Waals surface area contributed by atoms with Crippen LogP contribution in [0.4, 0.5) is 0 Å². The van der Waals surface area contributed by atoms with Crippen LogP contribution in [0.2, 0.25) is 0 Å². The fourth-order valence-electron chi connectivity index (χ4n) is 1.66. The topological polar surface area (TPSA) is 46.4 Å². The molecule has 114 valence electrons. The van der Waals surface area contributed by atoms with Crippen molar-refractivity contribution < 1.29 is 9.68 Å². The van der Waals surface area contributed by atoms with Crippen molar-refractivity contribution in [3.05, 3.63) is 60.7 Å².